The molecule has 5 rings (SSSR count). The molecule has 0 unspecified atom stereocenters. The molecule has 0 aromatic carbocycles. The molecule has 0 bridgehead atoms. The summed E-state index contributed by atoms with van der Waals surface area (Å²) in [7, 11) is 0. The summed E-state index contributed by atoms with van der Waals surface area (Å²) in [5.74, 6) is 0. The van der Waals surface area contributed by atoms with Gasteiger partial charge < -0.3 is 14.6 Å². The molecule has 2 N–H and O–H groups in total. The van der Waals surface area contributed by atoms with Crippen molar-refractivity contribution < 1.29 is 15.0 Å². The highest BCUT2D eigenvalue weighted by molar-refractivity contribution is 5.90. The second-order valence-electron chi connectivity index (χ2n) is 9.03. The predicted octanol–water partition coefficient (Wildman–Crippen LogP) is 3.31. The molecule has 0 fully saturated rings. The van der Waals surface area contributed by atoms with Gasteiger partial charge in [-0.1, -0.05) is 32.1 Å². The first kappa shape index (κ1) is 20.8. The minimum atomic E-state index is -1.06. The van der Waals surface area contributed by atoms with Crippen LogP contribution in [-0.2, 0) is 18.6 Å². The van der Waals surface area contributed by atoms with Gasteiger partial charge in [0.05, 0.1) is 25.0 Å². The quantitative estimate of drug-likeness (QED) is 0.435. The van der Waals surface area contributed by atoms with Crippen molar-refractivity contribution in [1.29, 1.82) is 0 Å². The SMILES string of the molecule is CC(C)(C)c1cc2cc(-c3cn(Cc4cn5cc(CO)ccc5n4)nn3)cnc2n1C(=O)O. The second kappa shape index (κ2) is 7.52. The number of carbonyl (C=O) groups is 1. The maximum Gasteiger partial charge on any atom is 0.417 e. The van der Waals surface area contributed by atoms with Crippen LogP contribution in [-0.4, -0.2) is 50.2 Å². The maximum absolute atomic E-state index is 11.9. The van der Waals surface area contributed by atoms with Gasteiger partial charge in [0.15, 0.2) is 0 Å². The number of hydrogen-bond acceptors (Lipinski definition) is 6. The molecule has 0 spiro atoms. The molecule has 0 amide bonds. The van der Waals surface area contributed by atoms with Crippen molar-refractivity contribution in [3.05, 3.63) is 66.0 Å². The van der Waals surface area contributed by atoms with E-state index in [1.807, 2.05) is 68.0 Å². The van der Waals surface area contributed by atoms with Gasteiger partial charge in [-0.3, -0.25) is 0 Å². The zero-order chi connectivity index (χ0) is 23.3. The Morgan fingerprint density at radius 2 is 1.94 bits per heavy atom. The van der Waals surface area contributed by atoms with Gasteiger partial charge in [0.25, 0.3) is 0 Å². The van der Waals surface area contributed by atoms with Crippen molar-refractivity contribution in [1.82, 2.24) is 33.9 Å². The van der Waals surface area contributed by atoms with E-state index in [1.54, 1.807) is 10.9 Å². The average Bonchev–Trinajstić information content (AvgIpc) is 3.48. The summed E-state index contributed by atoms with van der Waals surface area (Å²) in [6.45, 7) is 6.31. The number of imidazole rings is 1. The van der Waals surface area contributed by atoms with Gasteiger partial charge in [-0.05, 0) is 23.8 Å². The number of aliphatic hydroxyl groups is 1. The molecule has 0 aliphatic carbocycles. The smallest absolute Gasteiger partial charge is 0.417 e. The van der Waals surface area contributed by atoms with Crippen molar-refractivity contribution in [2.75, 3.05) is 0 Å². The highest BCUT2D eigenvalue weighted by Crippen LogP contribution is 2.30. The number of carboxylic acid groups (broad SMARTS) is 1. The van der Waals surface area contributed by atoms with Gasteiger partial charge in [-0.2, -0.15) is 0 Å². The first-order valence-electron chi connectivity index (χ1n) is 10.5. The fourth-order valence-corrected chi connectivity index (χ4v) is 3.91. The van der Waals surface area contributed by atoms with Crippen LogP contribution in [0.4, 0.5) is 4.79 Å². The summed E-state index contributed by atoms with van der Waals surface area (Å²) in [5, 5.41) is 28.2. The summed E-state index contributed by atoms with van der Waals surface area (Å²) in [6.07, 6.45) is 6.11. The summed E-state index contributed by atoms with van der Waals surface area (Å²) in [4.78, 5) is 20.9. The van der Waals surface area contributed by atoms with Crippen molar-refractivity contribution in [3.63, 3.8) is 0 Å². The lowest BCUT2D eigenvalue weighted by atomic mass is 9.92. The third-order valence-corrected chi connectivity index (χ3v) is 5.50. The lowest BCUT2D eigenvalue weighted by Gasteiger charge is -2.19. The summed E-state index contributed by atoms with van der Waals surface area (Å²) in [6, 6.07) is 7.44. The molecule has 0 radical (unpaired) electrons. The fraction of sp³-hybridized carbons (Fsp3) is 0.261. The Hall–Kier alpha value is -4.05. The van der Waals surface area contributed by atoms with Crippen LogP contribution in [0.2, 0.25) is 0 Å². The van der Waals surface area contributed by atoms with E-state index in [4.69, 9.17) is 0 Å². The Kier molecular flexibility index (Phi) is 4.75. The highest BCUT2D eigenvalue weighted by Gasteiger charge is 2.25. The van der Waals surface area contributed by atoms with Gasteiger partial charge in [0.1, 0.15) is 17.0 Å². The first-order chi connectivity index (χ1) is 15.7. The molecule has 10 heteroatoms. The Bertz CT molecular complexity index is 1500. The molecule has 0 aliphatic rings. The minimum Gasteiger partial charge on any atom is -0.464 e. The van der Waals surface area contributed by atoms with Crippen LogP contribution in [0.1, 0.15) is 37.7 Å². The molecule has 5 aromatic rings. The molecule has 0 saturated heterocycles. The van der Waals surface area contributed by atoms with Crippen LogP contribution in [0.15, 0.2) is 49.1 Å². The average molecular weight is 445 g/mol. The number of aromatic nitrogens is 7. The van der Waals surface area contributed by atoms with E-state index in [1.165, 1.54) is 4.57 Å². The predicted molar refractivity (Wildman–Crippen MR) is 121 cm³/mol. The van der Waals surface area contributed by atoms with Crippen molar-refractivity contribution >= 4 is 22.8 Å². The number of nitrogens with zero attached hydrogens (tertiary/aromatic N) is 7. The molecule has 0 saturated carbocycles. The van der Waals surface area contributed by atoms with E-state index in [9.17, 15) is 15.0 Å². The summed E-state index contributed by atoms with van der Waals surface area (Å²) < 4.78 is 4.80. The Labute approximate surface area is 188 Å². The zero-order valence-corrected chi connectivity index (χ0v) is 18.5. The topological polar surface area (TPSA) is 123 Å². The molecule has 10 nitrogen and oxygen atoms in total. The third-order valence-electron chi connectivity index (χ3n) is 5.50. The molecule has 0 atom stereocenters. The maximum atomic E-state index is 11.9. The van der Waals surface area contributed by atoms with E-state index in [0.29, 0.717) is 23.6 Å². The summed E-state index contributed by atoms with van der Waals surface area (Å²) in [5.41, 5.74) is 4.51. The normalized spacial score (nSPS) is 12.1. The van der Waals surface area contributed by atoms with E-state index in [2.05, 4.69) is 20.3 Å². The molecule has 5 aromatic heterocycles. The first-order valence-corrected chi connectivity index (χ1v) is 10.5. The fourth-order valence-electron chi connectivity index (χ4n) is 3.91. The monoisotopic (exact) mass is 445 g/mol. The molecular formula is C23H23N7O3. The number of fused-ring (bicyclic) bond motifs is 2. The highest BCUT2D eigenvalue weighted by atomic mass is 16.4. The van der Waals surface area contributed by atoms with E-state index in [-0.39, 0.29) is 12.0 Å². The number of pyridine rings is 2. The van der Waals surface area contributed by atoms with Crippen LogP contribution >= 0.6 is 0 Å². The van der Waals surface area contributed by atoms with Crippen molar-refractivity contribution in [3.8, 4) is 11.3 Å². The minimum absolute atomic E-state index is 0.0264. The number of hydrogen-bond donors (Lipinski definition) is 2. The Balaban J connectivity index is 1.46. The molecule has 33 heavy (non-hydrogen) atoms. The zero-order valence-electron chi connectivity index (χ0n) is 18.5. The van der Waals surface area contributed by atoms with E-state index < -0.39 is 6.09 Å². The molecule has 168 valence electrons. The Morgan fingerprint density at radius 3 is 2.67 bits per heavy atom. The number of rotatable bonds is 4. The van der Waals surface area contributed by atoms with Crippen LogP contribution in [0, 0.1) is 0 Å². The standard InChI is InChI=1S/C23H23N7O3/c1-23(2,3)19-7-15-6-16(8-24-21(15)30(19)22(32)33)18-12-29(27-26-18)11-17-10-28-9-14(13-31)4-5-20(28)25-17/h4-10,12,31H,11,13H2,1-3H3,(H,32,33). The number of aliphatic hydroxyl groups excluding tert-OH is 1. The van der Waals surface area contributed by atoms with Gasteiger partial charge in [-0.25, -0.2) is 24.0 Å². The summed E-state index contributed by atoms with van der Waals surface area (Å²) >= 11 is 0. The van der Waals surface area contributed by atoms with Gasteiger partial charge in [-0.15, -0.1) is 5.10 Å². The van der Waals surface area contributed by atoms with Crippen LogP contribution in [0.3, 0.4) is 0 Å². The lowest BCUT2D eigenvalue weighted by molar-refractivity contribution is 0.195. The lowest BCUT2D eigenvalue weighted by Crippen LogP contribution is -2.21. The van der Waals surface area contributed by atoms with Crippen LogP contribution in [0.5, 0.6) is 0 Å². The second-order valence-corrected chi connectivity index (χ2v) is 9.03. The molecular weight excluding hydrogens is 422 g/mol. The van der Waals surface area contributed by atoms with Crippen molar-refractivity contribution in [2.24, 2.45) is 0 Å². The molecule has 5 heterocycles. The van der Waals surface area contributed by atoms with Crippen molar-refractivity contribution in [2.45, 2.75) is 39.3 Å². The van der Waals surface area contributed by atoms with E-state index in [0.717, 1.165) is 27.9 Å². The van der Waals surface area contributed by atoms with E-state index >= 15 is 0 Å². The molecule has 0 aliphatic heterocycles. The third kappa shape index (κ3) is 3.74. The van der Waals surface area contributed by atoms with Crippen LogP contribution in [0.25, 0.3) is 27.9 Å². The van der Waals surface area contributed by atoms with Crippen LogP contribution < -0.4 is 0 Å². The largest absolute Gasteiger partial charge is 0.464 e. The Morgan fingerprint density at radius 1 is 1.12 bits per heavy atom. The van der Waals surface area contributed by atoms with Gasteiger partial charge >= 0.3 is 6.09 Å². The van der Waals surface area contributed by atoms with Gasteiger partial charge in [0, 0.05) is 40.6 Å². The van der Waals surface area contributed by atoms with Gasteiger partial charge in [0.2, 0.25) is 0 Å².